The fraction of sp³-hybridized carbons (Fsp3) is 0.400. The highest BCUT2D eigenvalue weighted by molar-refractivity contribution is 7.77. The van der Waals surface area contributed by atoms with Crippen LogP contribution in [0.5, 0.6) is 0 Å². The van der Waals surface area contributed by atoms with Crippen LogP contribution in [-0.4, -0.2) is 17.0 Å². The predicted molar refractivity (Wildman–Crippen MR) is 56.6 cm³/mol. The quantitative estimate of drug-likeness (QED) is 0.636. The van der Waals surface area contributed by atoms with Crippen molar-refractivity contribution in [2.45, 2.75) is 19.1 Å². The zero-order chi connectivity index (χ0) is 12.3. The van der Waals surface area contributed by atoms with Crippen LogP contribution in [0.2, 0.25) is 0 Å². The summed E-state index contributed by atoms with van der Waals surface area (Å²) < 4.78 is 51.8. The summed E-state index contributed by atoms with van der Waals surface area (Å²) in [4.78, 5) is 0. The van der Waals surface area contributed by atoms with Crippen molar-refractivity contribution in [2.75, 3.05) is 6.54 Å². The highest BCUT2D eigenvalue weighted by atomic mass is 32.1. The van der Waals surface area contributed by atoms with Crippen LogP contribution in [0.1, 0.15) is 18.5 Å². The average Bonchev–Trinajstić information content (AvgIpc) is 2.19. The number of alkyl halides is 3. The molecule has 16 heavy (non-hydrogen) atoms. The molecule has 6 heteroatoms. The van der Waals surface area contributed by atoms with E-state index in [4.69, 9.17) is 0 Å². The number of thiol groups is 1. The van der Waals surface area contributed by atoms with E-state index in [0.29, 0.717) is 0 Å². The molecule has 0 aliphatic heterocycles. The Kier molecular flexibility index (Phi) is 4.21. The molecule has 1 aromatic rings. The lowest BCUT2D eigenvalue weighted by Gasteiger charge is -2.28. The van der Waals surface area contributed by atoms with Crippen LogP contribution in [-0.2, 0) is 0 Å². The van der Waals surface area contributed by atoms with Crippen LogP contribution in [0, 0.1) is 5.82 Å². The molecule has 0 aliphatic carbocycles. The topological polar surface area (TPSA) is 3.24 Å². The SMILES string of the molecule is CCN(S)C(c1ccc(F)cc1)C(F)(F)F. The minimum Gasteiger partial charge on any atom is -0.237 e. The highest BCUT2D eigenvalue weighted by Gasteiger charge is 2.43. The van der Waals surface area contributed by atoms with E-state index in [1.807, 2.05) is 0 Å². The third-order valence-corrected chi connectivity index (χ3v) is 2.63. The van der Waals surface area contributed by atoms with Gasteiger partial charge in [0.15, 0.2) is 0 Å². The van der Waals surface area contributed by atoms with Gasteiger partial charge in [-0.05, 0) is 17.7 Å². The Morgan fingerprint density at radius 3 is 2.12 bits per heavy atom. The molecule has 0 N–H and O–H groups in total. The van der Waals surface area contributed by atoms with Gasteiger partial charge in [-0.2, -0.15) is 13.2 Å². The Morgan fingerprint density at radius 1 is 1.25 bits per heavy atom. The van der Waals surface area contributed by atoms with Gasteiger partial charge in [-0.3, -0.25) is 0 Å². The van der Waals surface area contributed by atoms with Gasteiger partial charge in [0, 0.05) is 6.54 Å². The number of hydrogen-bond acceptors (Lipinski definition) is 2. The summed E-state index contributed by atoms with van der Waals surface area (Å²) in [6.45, 7) is 1.69. The minimum atomic E-state index is -4.43. The van der Waals surface area contributed by atoms with Crippen molar-refractivity contribution in [3.63, 3.8) is 0 Å². The first kappa shape index (κ1) is 13.3. The van der Waals surface area contributed by atoms with E-state index in [9.17, 15) is 17.6 Å². The summed E-state index contributed by atoms with van der Waals surface area (Å²) in [5.41, 5.74) is -0.0225. The Balaban J connectivity index is 3.06. The molecule has 0 aliphatic rings. The monoisotopic (exact) mass is 253 g/mol. The van der Waals surface area contributed by atoms with Crippen molar-refractivity contribution in [3.8, 4) is 0 Å². The molecule has 0 fully saturated rings. The molecule has 0 saturated heterocycles. The molecule has 1 rings (SSSR count). The summed E-state index contributed by atoms with van der Waals surface area (Å²) in [5, 5.41) is 0. The first-order valence-corrected chi connectivity index (χ1v) is 5.04. The van der Waals surface area contributed by atoms with Crippen LogP contribution in [0.3, 0.4) is 0 Å². The van der Waals surface area contributed by atoms with E-state index in [1.165, 1.54) is 0 Å². The number of nitrogens with zero attached hydrogens (tertiary/aromatic N) is 1. The van der Waals surface area contributed by atoms with Gasteiger partial charge in [-0.15, -0.1) is 0 Å². The van der Waals surface area contributed by atoms with Crippen LogP contribution < -0.4 is 0 Å². The van der Waals surface area contributed by atoms with Crippen molar-refractivity contribution in [3.05, 3.63) is 35.6 Å². The highest BCUT2D eigenvalue weighted by Crippen LogP contribution is 2.38. The smallest absolute Gasteiger partial charge is 0.237 e. The second-order valence-corrected chi connectivity index (χ2v) is 3.77. The third-order valence-electron chi connectivity index (χ3n) is 2.12. The second-order valence-electron chi connectivity index (χ2n) is 3.25. The molecule has 1 unspecified atom stereocenters. The third kappa shape index (κ3) is 3.12. The lowest BCUT2D eigenvalue weighted by molar-refractivity contribution is -0.171. The summed E-state index contributed by atoms with van der Waals surface area (Å²) in [6, 6.07) is 2.43. The van der Waals surface area contributed by atoms with Crippen molar-refractivity contribution >= 4 is 12.8 Å². The van der Waals surface area contributed by atoms with Gasteiger partial charge in [-0.1, -0.05) is 31.9 Å². The summed E-state index contributed by atoms with van der Waals surface area (Å²) >= 11 is 3.78. The van der Waals surface area contributed by atoms with Crippen LogP contribution in [0.15, 0.2) is 24.3 Å². The second kappa shape index (κ2) is 5.05. The molecular formula is C10H11F4NS. The van der Waals surface area contributed by atoms with Crippen LogP contribution in [0.4, 0.5) is 17.6 Å². The molecule has 1 atom stereocenters. The van der Waals surface area contributed by atoms with Gasteiger partial charge in [-0.25, -0.2) is 8.70 Å². The molecule has 0 spiro atoms. The van der Waals surface area contributed by atoms with Gasteiger partial charge in [0.25, 0.3) is 0 Å². The molecule has 90 valence electrons. The number of hydrogen-bond donors (Lipinski definition) is 1. The largest absolute Gasteiger partial charge is 0.408 e. The molecule has 0 aromatic heterocycles. The van der Waals surface area contributed by atoms with E-state index >= 15 is 0 Å². The van der Waals surface area contributed by atoms with E-state index in [2.05, 4.69) is 12.8 Å². The van der Waals surface area contributed by atoms with E-state index in [1.54, 1.807) is 6.92 Å². The fourth-order valence-corrected chi connectivity index (χ4v) is 1.62. The van der Waals surface area contributed by atoms with Gasteiger partial charge in [0.1, 0.15) is 11.9 Å². The Hall–Kier alpha value is -0.750. The Labute approximate surface area is 96.6 Å². The van der Waals surface area contributed by atoms with Crippen LogP contribution in [0.25, 0.3) is 0 Å². The molecule has 0 bridgehead atoms. The maximum atomic E-state index is 12.8. The molecule has 0 amide bonds. The van der Waals surface area contributed by atoms with Gasteiger partial charge < -0.3 is 0 Å². The lowest BCUT2D eigenvalue weighted by Crippen LogP contribution is -2.32. The minimum absolute atomic E-state index is 0.0225. The fourth-order valence-electron chi connectivity index (χ4n) is 1.36. The van der Waals surface area contributed by atoms with E-state index in [0.717, 1.165) is 28.6 Å². The molecular weight excluding hydrogens is 242 g/mol. The normalized spacial score (nSPS) is 14.2. The maximum absolute atomic E-state index is 12.8. The van der Waals surface area contributed by atoms with Crippen molar-refractivity contribution in [2.24, 2.45) is 0 Å². The summed E-state index contributed by atoms with van der Waals surface area (Å²) in [6.07, 6.45) is -4.43. The van der Waals surface area contributed by atoms with Crippen LogP contribution >= 0.6 is 12.8 Å². The maximum Gasteiger partial charge on any atom is 0.408 e. The predicted octanol–water partition coefficient (Wildman–Crippen LogP) is 3.60. The molecule has 1 aromatic carbocycles. The standard InChI is InChI=1S/C10H11F4NS/c1-2-15(16)9(10(12,13)14)7-3-5-8(11)6-4-7/h3-6,9,16H,2H2,1H3. The molecule has 0 saturated carbocycles. The van der Waals surface area contributed by atoms with Gasteiger partial charge in [0.05, 0.1) is 0 Å². The number of halogens is 4. The lowest BCUT2D eigenvalue weighted by atomic mass is 10.1. The zero-order valence-electron chi connectivity index (χ0n) is 8.50. The van der Waals surface area contributed by atoms with Crippen molar-refractivity contribution in [1.29, 1.82) is 0 Å². The Bertz CT molecular complexity index is 336. The zero-order valence-corrected chi connectivity index (χ0v) is 9.39. The summed E-state index contributed by atoms with van der Waals surface area (Å²) in [5.74, 6) is -0.563. The Morgan fingerprint density at radius 2 is 1.75 bits per heavy atom. The number of benzene rings is 1. The van der Waals surface area contributed by atoms with E-state index in [-0.39, 0.29) is 12.1 Å². The summed E-state index contributed by atoms with van der Waals surface area (Å²) in [7, 11) is 0. The first-order chi connectivity index (χ1) is 7.36. The molecule has 0 heterocycles. The average molecular weight is 253 g/mol. The van der Waals surface area contributed by atoms with Crippen molar-refractivity contribution in [1.82, 2.24) is 4.31 Å². The molecule has 1 nitrogen and oxygen atoms in total. The first-order valence-electron chi connectivity index (χ1n) is 4.64. The van der Waals surface area contributed by atoms with E-state index < -0.39 is 18.0 Å². The van der Waals surface area contributed by atoms with Gasteiger partial charge >= 0.3 is 6.18 Å². The molecule has 0 radical (unpaired) electrons. The number of rotatable bonds is 3. The van der Waals surface area contributed by atoms with Gasteiger partial charge in [0.2, 0.25) is 0 Å². The van der Waals surface area contributed by atoms with Crippen molar-refractivity contribution < 1.29 is 17.6 Å².